The van der Waals surface area contributed by atoms with Gasteiger partial charge >= 0.3 is 0 Å². The third-order valence-electron chi connectivity index (χ3n) is 1.20. The molecule has 1 aromatic carbocycles. The van der Waals surface area contributed by atoms with Crippen LogP contribution in [0.15, 0.2) is 39.6 Å². The van der Waals surface area contributed by atoms with Crippen LogP contribution in [0.5, 0.6) is 0 Å². The predicted molar refractivity (Wildman–Crippen MR) is 49.3 cm³/mol. The predicted octanol–water partition coefficient (Wildman–Crippen LogP) is 0.551. The number of isocyanates is 1. The average molecular weight is 226 g/mol. The molecular formula is C8H6N2O4S. The van der Waals surface area contributed by atoms with Gasteiger partial charge in [0.05, 0.1) is 4.90 Å². The monoisotopic (exact) mass is 226 g/mol. The molecule has 0 saturated carbocycles. The molecule has 0 unspecified atom stereocenters. The second-order valence-corrected chi connectivity index (χ2v) is 3.67. The zero-order chi connectivity index (χ0) is 11.7. The van der Waals surface area contributed by atoms with Gasteiger partial charge in [0.1, 0.15) is 0 Å². The van der Waals surface area contributed by atoms with E-state index in [1.54, 1.807) is 18.2 Å². The summed E-state index contributed by atoms with van der Waals surface area (Å²) in [5.41, 5.74) is 0. The van der Waals surface area contributed by atoms with Crippen LogP contribution in [-0.4, -0.2) is 19.6 Å². The van der Waals surface area contributed by atoms with Gasteiger partial charge in [-0.15, -0.1) is 0 Å². The lowest BCUT2D eigenvalue weighted by Gasteiger charge is -1.92. The maximum atomic E-state index is 11.0. The van der Waals surface area contributed by atoms with E-state index in [1.165, 1.54) is 12.1 Å². The molecule has 1 rings (SSSR count). The Kier molecular flexibility index (Phi) is 5.41. The molecule has 0 fully saturated rings. The van der Waals surface area contributed by atoms with Crippen LogP contribution >= 0.6 is 0 Å². The summed E-state index contributed by atoms with van der Waals surface area (Å²) in [4.78, 5) is 9.72. The number of carbonyl (C=O) groups excluding carboxylic acids is 1. The lowest BCUT2D eigenvalue weighted by atomic mass is 10.4. The van der Waals surface area contributed by atoms with E-state index in [1.807, 2.05) is 0 Å². The van der Waals surface area contributed by atoms with Crippen LogP contribution in [0.1, 0.15) is 0 Å². The topological polar surface area (TPSA) is 108 Å². The van der Waals surface area contributed by atoms with Gasteiger partial charge in [0.25, 0.3) is 22.4 Å². The Morgan fingerprint density at radius 2 is 1.73 bits per heavy atom. The van der Waals surface area contributed by atoms with Gasteiger partial charge in [-0.2, -0.15) is 13.7 Å². The molecule has 0 spiro atoms. The Hall–Kier alpha value is -2.16. The van der Waals surface area contributed by atoms with Crippen LogP contribution in [0, 0.1) is 11.5 Å². The van der Waals surface area contributed by atoms with Crippen LogP contribution in [0.4, 0.5) is 0 Å². The molecule has 1 N–H and O–H groups in total. The zero-order valence-electron chi connectivity index (χ0n) is 7.36. The van der Waals surface area contributed by atoms with Crippen molar-refractivity contribution in [3.63, 3.8) is 0 Å². The van der Waals surface area contributed by atoms with E-state index >= 15 is 0 Å². The molecule has 7 heteroatoms. The van der Waals surface area contributed by atoms with Crippen molar-refractivity contribution in [2.24, 2.45) is 4.40 Å². The van der Waals surface area contributed by atoms with Crippen LogP contribution in [0.3, 0.4) is 0 Å². The summed E-state index contributed by atoms with van der Waals surface area (Å²) < 4.78 is 24.7. The van der Waals surface area contributed by atoms with Gasteiger partial charge in [0.2, 0.25) is 0 Å². The van der Waals surface area contributed by atoms with Gasteiger partial charge in [-0.05, 0) is 12.1 Å². The van der Waals surface area contributed by atoms with Gasteiger partial charge in [0, 0.05) is 0 Å². The smallest absolute Gasteiger partial charge is 0.292 e. The van der Waals surface area contributed by atoms with E-state index in [-0.39, 0.29) is 4.90 Å². The summed E-state index contributed by atoms with van der Waals surface area (Å²) in [5.74, 6) is 0. The van der Waals surface area contributed by atoms with E-state index in [2.05, 4.69) is 4.40 Å². The second-order valence-electron chi connectivity index (χ2n) is 2.07. The minimum absolute atomic E-state index is 0.00616. The minimum atomic E-state index is -3.81. The Balaban J connectivity index is 0.000000583. The highest BCUT2D eigenvalue weighted by molar-refractivity contribution is 7.90. The largest absolute Gasteiger partial charge is 0.443 e. The number of hydrogen-bond donors (Lipinski definition) is 1. The summed E-state index contributed by atoms with van der Waals surface area (Å²) >= 11 is 0. The Morgan fingerprint density at radius 3 is 2.13 bits per heavy atom. The fraction of sp³-hybridized carbons (Fsp3) is 0. The highest BCUT2D eigenvalue weighted by Gasteiger charge is 2.10. The van der Waals surface area contributed by atoms with E-state index in [0.29, 0.717) is 0 Å². The van der Waals surface area contributed by atoms with Crippen molar-refractivity contribution >= 4 is 16.1 Å². The summed E-state index contributed by atoms with van der Waals surface area (Å²) in [7, 11) is -3.81. The first kappa shape index (κ1) is 12.8. The molecule has 1 aromatic rings. The zero-order valence-corrected chi connectivity index (χ0v) is 8.18. The van der Waals surface area contributed by atoms with Crippen molar-refractivity contribution in [1.82, 2.24) is 0 Å². The molecule has 78 valence electrons. The fourth-order valence-corrected chi connectivity index (χ4v) is 1.40. The maximum Gasteiger partial charge on any atom is 0.292 e. The van der Waals surface area contributed by atoms with E-state index in [9.17, 15) is 13.2 Å². The molecule has 0 radical (unpaired) electrons. The number of sulfonamides is 1. The molecule has 0 aliphatic carbocycles. The quantitative estimate of drug-likeness (QED) is 0.450. The Morgan fingerprint density at radius 1 is 1.27 bits per heavy atom. The van der Waals surface area contributed by atoms with Crippen LogP contribution in [0.25, 0.3) is 0 Å². The molecule has 0 heterocycles. The number of benzene rings is 1. The van der Waals surface area contributed by atoms with E-state index < -0.39 is 10.0 Å². The molecule has 0 amide bonds. The molecule has 6 nitrogen and oxygen atoms in total. The van der Waals surface area contributed by atoms with Crippen LogP contribution < -0.4 is 0 Å². The lowest BCUT2D eigenvalue weighted by Crippen LogP contribution is -1.94. The molecular weight excluding hydrogens is 220 g/mol. The van der Waals surface area contributed by atoms with Crippen molar-refractivity contribution in [1.29, 1.82) is 5.26 Å². The molecule has 0 aromatic heterocycles. The standard InChI is InChI=1S/C7H5NO3S.CHNO/c9-6-8-12(10,11)7-4-2-1-3-5-7;2-1-3/h1-5H;3H. The van der Waals surface area contributed by atoms with Gasteiger partial charge in [0.15, 0.2) is 0 Å². The summed E-state index contributed by atoms with van der Waals surface area (Å²) in [5, 5.41) is 13.8. The minimum Gasteiger partial charge on any atom is -0.443 e. The molecule has 0 atom stereocenters. The van der Waals surface area contributed by atoms with Gasteiger partial charge < -0.3 is 5.11 Å². The van der Waals surface area contributed by atoms with Gasteiger partial charge in [-0.25, -0.2) is 4.79 Å². The molecule has 0 saturated heterocycles. The maximum absolute atomic E-state index is 11.0. The highest BCUT2D eigenvalue weighted by Crippen LogP contribution is 2.09. The molecule has 0 aliphatic rings. The van der Waals surface area contributed by atoms with Crippen LogP contribution in [-0.2, 0) is 14.8 Å². The molecule has 15 heavy (non-hydrogen) atoms. The van der Waals surface area contributed by atoms with Crippen molar-refractivity contribution in [2.75, 3.05) is 0 Å². The number of aliphatic hydroxyl groups excluding tert-OH is 1. The van der Waals surface area contributed by atoms with Crippen LogP contribution in [0.2, 0.25) is 0 Å². The number of aliphatic hydroxyl groups is 1. The normalized spacial score (nSPS) is 8.73. The second kappa shape index (κ2) is 6.32. The summed E-state index contributed by atoms with van der Waals surface area (Å²) in [6.07, 6.45) is 1.74. The Labute approximate surface area is 86.2 Å². The van der Waals surface area contributed by atoms with E-state index in [4.69, 9.17) is 10.4 Å². The van der Waals surface area contributed by atoms with Crippen molar-refractivity contribution in [3.8, 4) is 6.26 Å². The molecule has 0 aliphatic heterocycles. The van der Waals surface area contributed by atoms with Crippen molar-refractivity contribution in [3.05, 3.63) is 30.3 Å². The van der Waals surface area contributed by atoms with Gasteiger partial charge in [-0.1, -0.05) is 22.6 Å². The summed E-state index contributed by atoms with van der Waals surface area (Å²) in [6.45, 7) is 0. The third kappa shape index (κ3) is 4.57. The Bertz CT molecular complexity index is 483. The fourth-order valence-electron chi connectivity index (χ4n) is 0.694. The first-order chi connectivity index (χ1) is 7.08. The summed E-state index contributed by atoms with van der Waals surface area (Å²) in [6, 6.07) is 7.48. The van der Waals surface area contributed by atoms with Crippen molar-refractivity contribution < 1.29 is 18.3 Å². The average Bonchev–Trinajstić information content (AvgIpc) is 2.20. The number of hydrogen-bond acceptors (Lipinski definition) is 5. The number of nitriles is 1. The van der Waals surface area contributed by atoms with Crippen molar-refractivity contribution in [2.45, 2.75) is 4.90 Å². The SMILES string of the molecule is N#CO.O=C=NS(=O)(=O)c1ccccc1. The molecule has 0 bridgehead atoms. The highest BCUT2D eigenvalue weighted by atomic mass is 32.2. The van der Waals surface area contributed by atoms with Gasteiger partial charge in [-0.3, -0.25) is 0 Å². The third-order valence-corrected chi connectivity index (χ3v) is 2.38. The lowest BCUT2D eigenvalue weighted by molar-refractivity contribution is 0.503. The van der Waals surface area contributed by atoms with E-state index in [0.717, 1.165) is 12.3 Å². The first-order valence-corrected chi connectivity index (χ1v) is 4.95. The number of nitrogens with zero attached hydrogens (tertiary/aromatic N) is 2. The number of rotatable bonds is 2. The first-order valence-electron chi connectivity index (χ1n) is 3.51.